The van der Waals surface area contributed by atoms with E-state index in [1.54, 1.807) is 0 Å². The molecule has 0 unspecified atom stereocenters. The molecule has 0 fully saturated rings. The summed E-state index contributed by atoms with van der Waals surface area (Å²) in [5.41, 5.74) is 12.8. The van der Waals surface area contributed by atoms with Crippen molar-refractivity contribution in [2.45, 2.75) is 0 Å². The molecule has 70 heavy (non-hydrogen) atoms. The number of hydrogen-bond acceptors (Lipinski definition) is 0. The van der Waals surface area contributed by atoms with Crippen molar-refractivity contribution in [3.8, 4) is 28.2 Å². The SMILES string of the molecule is c1ccc(-c2cccc(-n3c4ccccc4c4cccc(-n5c6ccccc6c6c([Si](c7ccccc7)(c7ccccc7)c7ccccc7)cc(-n7c8ccccc8c8ccccc87)cc65)c43)c2)cc1. The number of benzene rings is 11. The molecule has 0 aliphatic heterocycles. The molecule has 3 heterocycles. The fourth-order valence-corrected chi connectivity index (χ4v) is 16.9. The van der Waals surface area contributed by atoms with Gasteiger partial charge in [-0.15, -0.1) is 0 Å². The zero-order chi connectivity index (χ0) is 46.2. The highest BCUT2D eigenvalue weighted by atomic mass is 28.3. The van der Waals surface area contributed by atoms with Crippen molar-refractivity contribution in [2.75, 3.05) is 0 Å². The summed E-state index contributed by atoms with van der Waals surface area (Å²) in [6, 6.07) is 102. The Bertz CT molecular complexity index is 4130. The van der Waals surface area contributed by atoms with E-state index in [4.69, 9.17) is 0 Å². The Balaban J connectivity index is 1.19. The number of para-hydroxylation sites is 5. The van der Waals surface area contributed by atoms with E-state index in [9.17, 15) is 0 Å². The largest absolute Gasteiger partial charge is 0.309 e. The molecule has 0 amide bonds. The molecular formula is C66H45N3Si. The second-order valence-corrected chi connectivity index (χ2v) is 22.2. The lowest BCUT2D eigenvalue weighted by molar-refractivity contribution is 1.13. The Hall–Kier alpha value is -8.96. The monoisotopic (exact) mass is 907 g/mol. The van der Waals surface area contributed by atoms with Crippen molar-refractivity contribution in [1.29, 1.82) is 0 Å². The first-order valence-electron chi connectivity index (χ1n) is 24.2. The molecule has 3 aromatic heterocycles. The molecule has 11 aromatic carbocycles. The number of fused-ring (bicyclic) bond motifs is 9. The minimum absolute atomic E-state index is 1.12. The van der Waals surface area contributed by atoms with Gasteiger partial charge < -0.3 is 13.7 Å². The second kappa shape index (κ2) is 16.1. The lowest BCUT2D eigenvalue weighted by Gasteiger charge is -2.35. The van der Waals surface area contributed by atoms with Gasteiger partial charge in [-0.2, -0.15) is 0 Å². The van der Waals surface area contributed by atoms with Crippen molar-refractivity contribution in [3.05, 3.63) is 273 Å². The molecule has 14 aromatic rings. The molecule has 4 heteroatoms. The highest BCUT2D eigenvalue weighted by molar-refractivity contribution is 7.20. The van der Waals surface area contributed by atoms with Crippen LogP contribution >= 0.6 is 0 Å². The average molecular weight is 908 g/mol. The molecule has 328 valence electrons. The summed E-state index contributed by atoms with van der Waals surface area (Å²) in [6.07, 6.45) is 0. The number of nitrogens with zero attached hydrogens (tertiary/aromatic N) is 3. The summed E-state index contributed by atoms with van der Waals surface area (Å²) in [5, 5.41) is 12.8. The van der Waals surface area contributed by atoms with Crippen LogP contribution in [0.4, 0.5) is 0 Å². The molecule has 0 spiro atoms. The zero-order valence-corrected chi connectivity index (χ0v) is 39.3. The summed E-state index contributed by atoms with van der Waals surface area (Å²) in [7, 11) is -3.16. The van der Waals surface area contributed by atoms with E-state index in [2.05, 4.69) is 287 Å². The van der Waals surface area contributed by atoms with E-state index in [0.717, 1.165) is 33.6 Å². The molecule has 14 rings (SSSR count). The summed E-state index contributed by atoms with van der Waals surface area (Å²) in [5.74, 6) is 0. The van der Waals surface area contributed by atoms with E-state index < -0.39 is 8.07 Å². The lowest BCUT2D eigenvalue weighted by atomic mass is 10.1. The Morgan fingerprint density at radius 2 is 0.686 bits per heavy atom. The van der Waals surface area contributed by atoms with Gasteiger partial charge in [0.15, 0.2) is 8.07 Å². The van der Waals surface area contributed by atoms with Gasteiger partial charge in [0.05, 0.1) is 38.8 Å². The maximum atomic E-state index is 2.59. The lowest BCUT2D eigenvalue weighted by Crippen LogP contribution is -2.74. The maximum Gasteiger partial charge on any atom is 0.180 e. The summed E-state index contributed by atoms with van der Waals surface area (Å²) < 4.78 is 7.61. The number of aromatic nitrogens is 3. The molecule has 0 atom stereocenters. The third-order valence-electron chi connectivity index (χ3n) is 14.7. The average Bonchev–Trinajstić information content (AvgIpc) is 4.09. The van der Waals surface area contributed by atoms with Crippen molar-refractivity contribution in [3.63, 3.8) is 0 Å². The highest BCUT2D eigenvalue weighted by Crippen LogP contribution is 2.42. The molecule has 0 N–H and O–H groups in total. The minimum Gasteiger partial charge on any atom is -0.309 e. The predicted molar refractivity (Wildman–Crippen MR) is 299 cm³/mol. The number of hydrogen-bond donors (Lipinski definition) is 0. The Labute approximate surface area is 407 Å². The van der Waals surface area contributed by atoms with Gasteiger partial charge in [-0.1, -0.05) is 218 Å². The van der Waals surface area contributed by atoms with Gasteiger partial charge in [0.1, 0.15) is 0 Å². The maximum absolute atomic E-state index is 3.16. The van der Waals surface area contributed by atoms with Gasteiger partial charge in [0.25, 0.3) is 0 Å². The standard InChI is InChI=1S/C66H45N3Si/c1-5-23-46(24-6-1)47-25-21-26-48(43-47)68-60-40-19-15-35-55(60)56-37-22-42-62(66(56)68)69-61-41-20-16-36-57(61)65-63(69)44-49(67-58-38-17-13-33-53(58)54-34-14-18-39-59(54)67)45-64(65)70(50-27-7-2-8-28-50,51-29-9-3-10-30-51)52-31-11-4-12-32-52/h1-45H. The van der Waals surface area contributed by atoms with Crippen molar-refractivity contribution in [2.24, 2.45) is 0 Å². The van der Waals surface area contributed by atoms with Gasteiger partial charge in [0, 0.05) is 43.7 Å². The molecule has 3 nitrogen and oxygen atoms in total. The Kier molecular flexibility index (Phi) is 9.23. The third-order valence-corrected chi connectivity index (χ3v) is 19.5. The van der Waals surface area contributed by atoms with Crippen LogP contribution in [0.25, 0.3) is 93.6 Å². The predicted octanol–water partition coefficient (Wildman–Crippen LogP) is 14.0. The first-order valence-corrected chi connectivity index (χ1v) is 26.2. The molecule has 0 aliphatic carbocycles. The van der Waals surface area contributed by atoms with Crippen molar-refractivity contribution < 1.29 is 0 Å². The summed E-state index contributed by atoms with van der Waals surface area (Å²) >= 11 is 0. The fourth-order valence-electron chi connectivity index (χ4n) is 11.9. The summed E-state index contributed by atoms with van der Waals surface area (Å²) in [4.78, 5) is 0. The molecule has 0 aliphatic rings. The van der Waals surface area contributed by atoms with E-state index in [-0.39, 0.29) is 0 Å². The van der Waals surface area contributed by atoms with Crippen LogP contribution in [0, 0.1) is 0 Å². The fraction of sp³-hybridized carbons (Fsp3) is 0. The second-order valence-electron chi connectivity index (χ2n) is 18.4. The van der Waals surface area contributed by atoms with E-state index in [1.807, 2.05) is 0 Å². The molecule has 0 saturated carbocycles. The highest BCUT2D eigenvalue weighted by Gasteiger charge is 2.44. The third kappa shape index (κ3) is 5.94. The molecular weight excluding hydrogens is 863 g/mol. The van der Waals surface area contributed by atoms with Gasteiger partial charge in [-0.25, -0.2) is 0 Å². The quantitative estimate of drug-likeness (QED) is 0.107. The van der Waals surface area contributed by atoms with E-state index in [1.165, 1.54) is 80.7 Å². The van der Waals surface area contributed by atoms with Crippen LogP contribution in [0.1, 0.15) is 0 Å². The first-order chi connectivity index (χ1) is 34.8. The Morgan fingerprint density at radius 1 is 0.257 bits per heavy atom. The van der Waals surface area contributed by atoms with Crippen LogP contribution in [0.5, 0.6) is 0 Å². The Morgan fingerprint density at radius 3 is 1.26 bits per heavy atom. The smallest absolute Gasteiger partial charge is 0.180 e. The van der Waals surface area contributed by atoms with Gasteiger partial charge >= 0.3 is 0 Å². The van der Waals surface area contributed by atoms with Crippen LogP contribution in [0.15, 0.2) is 273 Å². The number of rotatable bonds is 8. The van der Waals surface area contributed by atoms with Crippen LogP contribution in [0.2, 0.25) is 0 Å². The van der Waals surface area contributed by atoms with E-state index in [0.29, 0.717) is 0 Å². The molecule has 0 radical (unpaired) electrons. The van der Waals surface area contributed by atoms with Crippen LogP contribution in [-0.2, 0) is 0 Å². The molecule has 0 saturated heterocycles. The normalized spacial score (nSPS) is 12.0. The zero-order valence-electron chi connectivity index (χ0n) is 38.3. The van der Waals surface area contributed by atoms with Gasteiger partial charge in [0.2, 0.25) is 0 Å². The van der Waals surface area contributed by atoms with Crippen LogP contribution < -0.4 is 20.7 Å². The topological polar surface area (TPSA) is 14.8 Å². The van der Waals surface area contributed by atoms with Gasteiger partial charge in [-0.3, -0.25) is 0 Å². The first kappa shape index (κ1) is 40.1. The van der Waals surface area contributed by atoms with Crippen molar-refractivity contribution in [1.82, 2.24) is 13.7 Å². The van der Waals surface area contributed by atoms with Crippen LogP contribution in [0.3, 0.4) is 0 Å². The van der Waals surface area contributed by atoms with E-state index >= 15 is 0 Å². The molecule has 0 bridgehead atoms. The van der Waals surface area contributed by atoms with Gasteiger partial charge in [-0.05, 0) is 86.5 Å². The van der Waals surface area contributed by atoms with Crippen molar-refractivity contribution >= 4 is 94.2 Å². The van der Waals surface area contributed by atoms with Crippen LogP contribution in [-0.4, -0.2) is 21.8 Å². The minimum atomic E-state index is -3.16. The summed E-state index contributed by atoms with van der Waals surface area (Å²) in [6.45, 7) is 0.